The fourth-order valence-corrected chi connectivity index (χ4v) is 2.39. The van der Waals surface area contributed by atoms with Crippen molar-refractivity contribution < 1.29 is 14.6 Å². The first-order chi connectivity index (χ1) is 10.3. The lowest BCUT2D eigenvalue weighted by molar-refractivity contribution is 0.0582. The van der Waals surface area contributed by atoms with Crippen molar-refractivity contribution in [1.82, 2.24) is 5.32 Å². The van der Waals surface area contributed by atoms with Gasteiger partial charge in [-0.2, -0.15) is 0 Å². The first-order valence-electron chi connectivity index (χ1n) is 7.39. The molecule has 1 fully saturated rings. The lowest BCUT2D eigenvalue weighted by Gasteiger charge is -2.11. The lowest BCUT2D eigenvalue weighted by atomic mass is 10.1. The summed E-state index contributed by atoms with van der Waals surface area (Å²) in [5.41, 5.74) is 1.38. The molecule has 0 unspecified atom stereocenters. The summed E-state index contributed by atoms with van der Waals surface area (Å²) in [6, 6.07) is 7.00. The molecule has 1 aliphatic rings. The van der Waals surface area contributed by atoms with Gasteiger partial charge in [0.1, 0.15) is 6.61 Å². The van der Waals surface area contributed by atoms with Crippen LogP contribution < -0.4 is 5.32 Å². The third kappa shape index (κ3) is 5.22. The minimum atomic E-state index is -0.163. The maximum absolute atomic E-state index is 11.9. The van der Waals surface area contributed by atoms with Gasteiger partial charge in [0, 0.05) is 17.7 Å². The van der Waals surface area contributed by atoms with Crippen LogP contribution in [-0.4, -0.2) is 36.9 Å². The Hall–Kier alpha value is -1.83. The molecule has 0 aliphatic heterocycles. The Morgan fingerprint density at radius 3 is 2.67 bits per heavy atom. The molecular formula is C17H21NO3. The molecule has 0 atom stereocenters. The van der Waals surface area contributed by atoms with Crippen molar-refractivity contribution in [2.45, 2.75) is 31.8 Å². The van der Waals surface area contributed by atoms with Gasteiger partial charge < -0.3 is 15.2 Å². The van der Waals surface area contributed by atoms with Crippen molar-refractivity contribution in [1.29, 1.82) is 0 Å². The monoisotopic (exact) mass is 287 g/mol. The number of aliphatic hydroxyl groups is 1. The zero-order chi connectivity index (χ0) is 14.9. The summed E-state index contributed by atoms with van der Waals surface area (Å²) >= 11 is 0. The summed E-state index contributed by atoms with van der Waals surface area (Å²) in [7, 11) is 0. The number of carbonyl (C=O) groups is 1. The molecular weight excluding hydrogens is 266 g/mol. The number of hydrogen-bond donors (Lipinski definition) is 2. The van der Waals surface area contributed by atoms with Crippen LogP contribution in [0.1, 0.15) is 41.6 Å². The standard InChI is InChI=1S/C17H21NO3/c19-12-3-4-14-7-9-15(10-8-14)17(20)18-11-13-21-16-5-1-2-6-16/h7-10,16,19H,1-2,5-6,11-13H2,(H,18,20). The molecule has 0 heterocycles. The van der Waals surface area contributed by atoms with Crippen LogP contribution in [0.3, 0.4) is 0 Å². The van der Waals surface area contributed by atoms with E-state index in [2.05, 4.69) is 17.2 Å². The molecule has 0 radical (unpaired) electrons. The number of rotatable bonds is 5. The number of benzene rings is 1. The van der Waals surface area contributed by atoms with E-state index in [0.717, 1.165) is 18.4 Å². The maximum Gasteiger partial charge on any atom is 0.251 e. The van der Waals surface area contributed by atoms with Crippen LogP contribution in [0.5, 0.6) is 0 Å². The van der Waals surface area contributed by atoms with E-state index in [0.29, 0.717) is 24.8 Å². The summed E-state index contributed by atoms with van der Waals surface area (Å²) in [6.45, 7) is 0.932. The van der Waals surface area contributed by atoms with E-state index >= 15 is 0 Å². The Bertz CT molecular complexity index is 507. The fraction of sp³-hybridized carbons (Fsp3) is 0.471. The maximum atomic E-state index is 11.9. The van der Waals surface area contributed by atoms with Crippen LogP contribution in [0.2, 0.25) is 0 Å². The molecule has 1 aromatic carbocycles. The Kier molecular flexibility index (Phi) is 6.26. The van der Waals surface area contributed by atoms with Crippen molar-refractivity contribution in [2.75, 3.05) is 19.8 Å². The third-order valence-corrected chi connectivity index (χ3v) is 3.50. The fourth-order valence-electron chi connectivity index (χ4n) is 2.39. The smallest absolute Gasteiger partial charge is 0.251 e. The van der Waals surface area contributed by atoms with Gasteiger partial charge in [-0.05, 0) is 37.1 Å². The Morgan fingerprint density at radius 1 is 1.29 bits per heavy atom. The van der Waals surface area contributed by atoms with E-state index in [1.54, 1.807) is 24.3 Å². The van der Waals surface area contributed by atoms with Crippen molar-refractivity contribution >= 4 is 5.91 Å². The second kappa shape index (κ2) is 8.46. The van der Waals surface area contributed by atoms with Gasteiger partial charge in [-0.25, -0.2) is 0 Å². The van der Waals surface area contributed by atoms with Crippen LogP contribution in [0.25, 0.3) is 0 Å². The van der Waals surface area contributed by atoms with Crippen LogP contribution in [-0.2, 0) is 4.74 Å². The van der Waals surface area contributed by atoms with Gasteiger partial charge in [0.05, 0.1) is 12.7 Å². The molecule has 112 valence electrons. The van der Waals surface area contributed by atoms with Crippen molar-refractivity contribution in [2.24, 2.45) is 0 Å². The molecule has 4 nitrogen and oxygen atoms in total. The first kappa shape index (κ1) is 15.6. The molecule has 2 rings (SSSR count). The highest BCUT2D eigenvalue weighted by atomic mass is 16.5. The van der Waals surface area contributed by atoms with Gasteiger partial charge in [0.15, 0.2) is 0 Å². The van der Waals surface area contributed by atoms with Crippen molar-refractivity contribution in [3.05, 3.63) is 35.4 Å². The second-order valence-corrected chi connectivity index (χ2v) is 5.07. The lowest BCUT2D eigenvalue weighted by Crippen LogP contribution is -2.28. The number of nitrogens with one attached hydrogen (secondary N) is 1. The average Bonchev–Trinajstić information content (AvgIpc) is 3.03. The van der Waals surface area contributed by atoms with Crippen LogP contribution in [0.4, 0.5) is 0 Å². The Morgan fingerprint density at radius 2 is 2.00 bits per heavy atom. The molecule has 1 aliphatic carbocycles. The minimum Gasteiger partial charge on any atom is -0.384 e. The Labute approximate surface area is 125 Å². The first-order valence-corrected chi connectivity index (χ1v) is 7.39. The molecule has 0 spiro atoms. The zero-order valence-electron chi connectivity index (χ0n) is 12.1. The summed E-state index contributed by atoms with van der Waals surface area (Å²) in [4.78, 5) is 11.9. The van der Waals surface area contributed by atoms with E-state index in [1.165, 1.54) is 12.8 Å². The van der Waals surface area contributed by atoms with Crippen molar-refractivity contribution in [3.8, 4) is 11.8 Å². The summed E-state index contributed by atoms with van der Waals surface area (Å²) in [5, 5.41) is 11.5. The van der Waals surface area contributed by atoms with Gasteiger partial charge in [-0.3, -0.25) is 4.79 Å². The summed E-state index contributed by atoms with van der Waals surface area (Å²) in [6.07, 6.45) is 5.17. The highest BCUT2D eigenvalue weighted by molar-refractivity contribution is 5.94. The van der Waals surface area contributed by atoms with Crippen LogP contribution in [0, 0.1) is 11.8 Å². The number of aliphatic hydroxyl groups excluding tert-OH is 1. The molecule has 0 bridgehead atoms. The third-order valence-electron chi connectivity index (χ3n) is 3.50. The topological polar surface area (TPSA) is 58.6 Å². The van der Waals surface area contributed by atoms with E-state index in [-0.39, 0.29) is 12.5 Å². The highest BCUT2D eigenvalue weighted by Gasteiger charge is 2.14. The molecule has 1 aromatic rings. The van der Waals surface area contributed by atoms with E-state index < -0.39 is 0 Å². The number of amides is 1. The zero-order valence-corrected chi connectivity index (χ0v) is 12.1. The largest absolute Gasteiger partial charge is 0.384 e. The molecule has 0 saturated heterocycles. The summed E-state index contributed by atoms with van der Waals surface area (Å²) in [5.74, 6) is 5.26. The van der Waals surface area contributed by atoms with E-state index in [4.69, 9.17) is 9.84 Å². The van der Waals surface area contributed by atoms with Gasteiger partial charge in [0.2, 0.25) is 0 Å². The summed E-state index contributed by atoms with van der Waals surface area (Å²) < 4.78 is 5.70. The highest BCUT2D eigenvalue weighted by Crippen LogP contribution is 2.20. The van der Waals surface area contributed by atoms with Crippen LogP contribution in [0.15, 0.2) is 24.3 Å². The Balaban J connectivity index is 1.72. The molecule has 1 amide bonds. The van der Waals surface area contributed by atoms with Gasteiger partial charge >= 0.3 is 0 Å². The van der Waals surface area contributed by atoms with Gasteiger partial charge in [0.25, 0.3) is 5.91 Å². The number of hydrogen-bond acceptors (Lipinski definition) is 3. The predicted molar refractivity (Wildman–Crippen MR) is 80.9 cm³/mol. The average molecular weight is 287 g/mol. The SMILES string of the molecule is O=C(NCCOC1CCCC1)c1ccc(C#CCO)cc1. The van der Waals surface area contributed by atoms with Crippen LogP contribution >= 0.6 is 0 Å². The molecule has 2 N–H and O–H groups in total. The van der Waals surface area contributed by atoms with Crippen molar-refractivity contribution in [3.63, 3.8) is 0 Å². The molecule has 21 heavy (non-hydrogen) atoms. The second-order valence-electron chi connectivity index (χ2n) is 5.07. The normalized spacial score (nSPS) is 14.5. The quantitative estimate of drug-likeness (QED) is 0.640. The molecule has 1 saturated carbocycles. The predicted octanol–water partition coefficient (Wildman–Crippen LogP) is 1.72. The number of ether oxygens (including phenoxy) is 1. The minimum absolute atomic E-state index is 0.105. The molecule has 0 aromatic heterocycles. The van der Waals surface area contributed by atoms with Gasteiger partial charge in [-0.15, -0.1) is 0 Å². The number of carbonyl (C=O) groups excluding carboxylic acids is 1. The molecule has 4 heteroatoms. The van der Waals surface area contributed by atoms with Gasteiger partial charge in [-0.1, -0.05) is 24.7 Å². The van der Waals surface area contributed by atoms with E-state index in [1.807, 2.05) is 0 Å². The van der Waals surface area contributed by atoms with E-state index in [9.17, 15) is 4.79 Å².